The summed E-state index contributed by atoms with van der Waals surface area (Å²) in [6.07, 6.45) is 1.93. The van der Waals surface area contributed by atoms with Crippen molar-refractivity contribution in [2.45, 2.75) is 25.8 Å². The van der Waals surface area contributed by atoms with Gasteiger partial charge in [0, 0.05) is 30.3 Å². The Kier molecular flexibility index (Phi) is 3.87. The Bertz CT molecular complexity index is 528. The second-order valence-corrected chi connectivity index (χ2v) is 6.12. The lowest BCUT2D eigenvalue weighted by Crippen LogP contribution is -2.29. The second kappa shape index (κ2) is 5.66. The van der Waals surface area contributed by atoms with Gasteiger partial charge in [-0.2, -0.15) is 0 Å². The summed E-state index contributed by atoms with van der Waals surface area (Å²) >= 11 is 0. The predicted molar refractivity (Wildman–Crippen MR) is 80.3 cm³/mol. The largest absolute Gasteiger partial charge is 0.447 e. The molecule has 0 aromatic heterocycles. The van der Waals surface area contributed by atoms with Crippen molar-refractivity contribution in [2.24, 2.45) is 5.41 Å². The Morgan fingerprint density at radius 1 is 1.48 bits per heavy atom. The van der Waals surface area contributed by atoms with E-state index < -0.39 is 0 Å². The van der Waals surface area contributed by atoms with Gasteiger partial charge in [-0.1, -0.05) is 12.1 Å². The van der Waals surface area contributed by atoms with Gasteiger partial charge in [0.25, 0.3) is 0 Å². The Balaban J connectivity index is 1.66. The highest BCUT2D eigenvalue weighted by Crippen LogP contribution is 2.44. The first-order valence-electron chi connectivity index (χ1n) is 7.52. The number of carbonyl (C=O) groups is 1. The van der Waals surface area contributed by atoms with E-state index in [2.05, 4.69) is 18.3 Å². The number of anilines is 1. The molecule has 114 valence electrons. The van der Waals surface area contributed by atoms with Crippen LogP contribution in [0.4, 0.5) is 10.5 Å². The molecule has 5 nitrogen and oxygen atoms in total. The first-order valence-corrected chi connectivity index (χ1v) is 7.52. The first kappa shape index (κ1) is 14.4. The number of amides is 1. The molecular weight excluding hydrogens is 268 g/mol. The summed E-state index contributed by atoms with van der Waals surface area (Å²) in [7, 11) is 0. The molecule has 1 saturated carbocycles. The lowest BCUT2D eigenvalue weighted by atomic mass is 10.0. The number of nitrogens with one attached hydrogen (secondary N) is 1. The normalized spacial score (nSPS) is 21.2. The predicted octanol–water partition coefficient (Wildman–Crippen LogP) is 2.07. The van der Waals surface area contributed by atoms with Gasteiger partial charge in [0.2, 0.25) is 0 Å². The molecule has 5 heteroatoms. The zero-order chi connectivity index (χ0) is 14.9. The van der Waals surface area contributed by atoms with E-state index in [-0.39, 0.29) is 24.2 Å². The quantitative estimate of drug-likeness (QED) is 0.842. The summed E-state index contributed by atoms with van der Waals surface area (Å²) in [6, 6.07) is 8.17. The van der Waals surface area contributed by atoms with Crippen LogP contribution in [0.25, 0.3) is 0 Å². The van der Waals surface area contributed by atoms with Gasteiger partial charge in [-0.15, -0.1) is 0 Å². The summed E-state index contributed by atoms with van der Waals surface area (Å²) in [5, 5.41) is 12.8. The smallest absolute Gasteiger partial charge is 0.414 e. The van der Waals surface area contributed by atoms with Crippen molar-refractivity contribution >= 4 is 11.8 Å². The van der Waals surface area contributed by atoms with Gasteiger partial charge in [-0.05, 0) is 37.5 Å². The summed E-state index contributed by atoms with van der Waals surface area (Å²) in [4.78, 5) is 13.3. The van der Waals surface area contributed by atoms with Crippen molar-refractivity contribution in [1.82, 2.24) is 5.32 Å². The summed E-state index contributed by atoms with van der Waals surface area (Å²) in [5.41, 5.74) is 2.12. The topological polar surface area (TPSA) is 61.8 Å². The van der Waals surface area contributed by atoms with Crippen LogP contribution in [0.2, 0.25) is 0 Å². The fourth-order valence-electron chi connectivity index (χ4n) is 2.65. The molecule has 2 N–H and O–H groups in total. The Labute approximate surface area is 124 Å². The van der Waals surface area contributed by atoms with E-state index in [1.54, 1.807) is 4.90 Å². The van der Waals surface area contributed by atoms with Crippen LogP contribution in [0.3, 0.4) is 0 Å². The maximum absolute atomic E-state index is 11.6. The van der Waals surface area contributed by atoms with Crippen LogP contribution in [0.15, 0.2) is 24.3 Å². The summed E-state index contributed by atoms with van der Waals surface area (Å²) < 4.78 is 4.98. The van der Waals surface area contributed by atoms with Crippen LogP contribution in [-0.4, -0.2) is 37.5 Å². The molecule has 1 heterocycles. The van der Waals surface area contributed by atoms with Crippen LogP contribution in [0.5, 0.6) is 0 Å². The van der Waals surface area contributed by atoms with Crippen LogP contribution in [0.1, 0.15) is 31.4 Å². The third-order valence-corrected chi connectivity index (χ3v) is 4.52. The molecule has 1 amide bonds. The fourth-order valence-corrected chi connectivity index (χ4v) is 2.65. The molecule has 1 unspecified atom stereocenters. The average Bonchev–Trinajstić information content (AvgIpc) is 3.18. The molecule has 0 bridgehead atoms. The van der Waals surface area contributed by atoms with E-state index in [1.807, 2.05) is 18.2 Å². The van der Waals surface area contributed by atoms with E-state index in [0.29, 0.717) is 13.2 Å². The molecule has 2 fully saturated rings. The van der Waals surface area contributed by atoms with E-state index in [1.165, 1.54) is 0 Å². The summed E-state index contributed by atoms with van der Waals surface area (Å²) in [5.74, 6) is 0. The minimum atomic E-state index is -0.273. The summed E-state index contributed by atoms with van der Waals surface area (Å²) in [6.45, 7) is 4.26. The van der Waals surface area contributed by atoms with Gasteiger partial charge in [-0.3, -0.25) is 4.90 Å². The molecule has 1 aromatic rings. The first-order chi connectivity index (χ1) is 10.1. The van der Waals surface area contributed by atoms with E-state index in [4.69, 9.17) is 4.74 Å². The lowest BCUT2D eigenvalue weighted by Gasteiger charge is -2.20. The van der Waals surface area contributed by atoms with Gasteiger partial charge < -0.3 is 15.2 Å². The van der Waals surface area contributed by atoms with Crippen molar-refractivity contribution in [3.05, 3.63) is 29.8 Å². The number of hydrogen-bond donors (Lipinski definition) is 2. The molecule has 1 aliphatic heterocycles. The molecule has 1 atom stereocenters. The van der Waals surface area contributed by atoms with Crippen molar-refractivity contribution < 1.29 is 14.6 Å². The number of nitrogens with zero attached hydrogens (tertiary/aromatic N) is 1. The standard InChI is InChI=1S/C16H22N2O3/c1-12(17-10-16(11-19)5-6-16)13-3-2-4-14(9-13)18-7-8-21-15(18)20/h2-4,9,12,17,19H,5-8,10-11H2,1H3. The van der Waals surface area contributed by atoms with Crippen molar-refractivity contribution in [2.75, 3.05) is 31.2 Å². The number of benzene rings is 1. The van der Waals surface area contributed by atoms with Crippen LogP contribution < -0.4 is 10.2 Å². The molecular formula is C16H22N2O3. The Hall–Kier alpha value is -1.59. The van der Waals surface area contributed by atoms with Gasteiger partial charge in [0.05, 0.1) is 6.54 Å². The molecule has 2 aliphatic rings. The molecule has 1 saturated heterocycles. The highest BCUT2D eigenvalue weighted by Gasteiger charge is 2.41. The monoisotopic (exact) mass is 290 g/mol. The number of carbonyl (C=O) groups excluding carboxylic acids is 1. The van der Waals surface area contributed by atoms with Crippen molar-refractivity contribution in [1.29, 1.82) is 0 Å². The third kappa shape index (κ3) is 3.04. The number of aliphatic hydroxyl groups excluding tert-OH is 1. The zero-order valence-electron chi connectivity index (χ0n) is 12.3. The minimum Gasteiger partial charge on any atom is -0.447 e. The Morgan fingerprint density at radius 2 is 2.29 bits per heavy atom. The van der Waals surface area contributed by atoms with Crippen LogP contribution in [-0.2, 0) is 4.74 Å². The third-order valence-electron chi connectivity index (χ3n) is 4.52. The fraction of sp³-hybridized carbons (Fsp3) is 0.562. The molecule has 0 spiro atoms. The molecule has 3 rings (SSSR count). The van der Waals surface area contributed by atoms with E-state index in [0.717, 1.165) is 30.6 Å². The van der Waals surface area contributed by atoms with Crippen molar-refractivity contribution in [3.63, 3.8) is 0 Å². The number of aliphatic hydroxyl groups is 1. The number of hydrogen-bond acceptors (Lipinski definition) is 4. The molecule has 21 heavy (non-hydrogen) atoms. The zero-order valence-corrected chi connectivity index (χ0v) is 12.3. The van der Waals surface area contributed by atoms with Crippen LogP contribution in [0, 0.1) is 5.41 Å². The van der Waals surface area contributed by atoms with Crippen molar-refractivity contribution in [3.8, 4) is 0 Å². The van der Waals surface area contributed by atoms with Gasteiger partial charge in [0.1, 0.15) is 6.61 Å². The van der Waals surface area contributed by atoms with E-state index in [9.17, 15) is 9.90 Å². The molecule has 1 aliphatic carbocycles. The lowest BCUT2D eigenvalue weighted by molar-refractivity contribution is 0.181. The van der Waals surface area contributed by atoms with Crippen LogP contribution >= 0.6 is 0 Å². The average molecular weight is 290 g/mol. The van der Waals surface area contributed by atoms with Gasteiger partial charge in [0.15, 0.2) is 0 Å². The SMILES string of the molecule is CC(NCC1(CO)CC1)c1cccc(N2CCOC2=O)c1. The second-order valence-electron chi connectivity index (χ2n) is 6.12. The van der Waals surface area contributed by atoms with E-state index >= 15 is 0 Å². The molecule has 1 aromatic carbocycles. The molecule has 0 radical (unpaired) electrons. The number of ether oxygens (including phenoxy) is 1. The Morgan fingerprint density at radius 3 is 2.90 bits per heavy atom. The highest BCUT2D eigenvalue weighted by molar-refractivity contribution is 5.89. The highest BCUT2D eigenvalue weighted by atomic mass is 16.6. The number of cyclic esters (lactones) is 1. The van der Waals surface area contributed by atoms with Gasteiger partial charge in [-0.25, -0.2) is 4.79 Å². The maximum atomic E-state index is 11.6. The van der Waals surface area contributed by atoms with Gasteiger partial charge >= 0.3 is 6.09 Å². The number of rotatable bonds is 6. The maximum Gasteiger partial charge on any atom is 0.414 e. The minimum absolute atomic E-state index is 0.102.